The number of nitrogens with two attached hydrogens (primary N) is 1. The molecule has 0 fully saturated rings. The molecule has 0 aliphatic carbocycles. The summed E-state index contributed by atoms with van der Waals surface area (Å²) in [5.41, 5.74) is 6.17. The molecule has 1 aliphatic heterocycles. The normalized spacial score (nSPS) is 15.7. The van der Waals surface area contributed by atoms with Gasteiger partial charge in [-0.1, -0.05) is 19.9 Å². The molecular formula is C43H58N8O22. The van der Waals surface area contributed by atoms with Crippen molar-refractivity contribution in [2.45, 2.75) is 139 Å². The largest absolute Gasteiger partial charge is 0.508 e. The van der Waals surface area contributed by atoms with Crippen molar-refractivity contribution in [3.8, 4) is 5.75 Å². The van der Waals surface area contributed by atoms with E-state index in [0.29, 0.717) is 0 Å². The Bertz CT molecular complexity index is 2310. The third kappa shape index (κ3) is 20.4. The van der Waals surface area contributed by atoms with Gasteiger partial charge in [0.2, 0.25) is 41.4 Å². The Kier molecular flexibility index (Phi) is 23.6. The second kappa shape index (κ2) is 28.4. The van der Waals surface area contributed by atoms with Gasteiger partial charge in [0.05, 0.1) is 18.9 Å². The van der Waals surface area contributed by atoms with Crippen molar-refractivity contribution in [3.05, 3.63) is 29.3 Å². The molecule has 2 rings (SSSR count). The summed E-state index contributed by atoms with van der Waals surface area (Å²) in [4.78, 5) is 178. The van der Waals surface area contributed by atoms with Gasteiger partial charge >= 0.3 is 41.8 Å². The Balaban J connectivity index is 2.60. The molecule has 0 saturated heterocycles. The number of carbonyl (C=O) groups is 14. The van der Waals surface area contributed by atoms with Gasteiger partial charge in [0.25, 0.3) is 0 Å². The molecule has 30 nitrogen and oxygen atoms in total. The highest BCUT2D eigenvalue weighted by atomic mass is 16.4. The minimum Gasteiger partial charge on any atom is -0.508 e. The number of hydrogen-bond donors (Lipinski definition) is 15. The first-order valence-electron chi connectivity index (χ1n) is 22.2. The lowest BCUT2D eigenvalue weighted by atomic mass is 9.91. The summed E-state index contributed by atoms with van der Waals surface area (Å²) < 4.78 is 0. The van der Waals surface area contributed by atoms with Crippen LogP contribution in [0.5, 0.6) is 5.75 Å². The molecule has 1 aliphatic rings. The van der Waals surface area contributed by atoms with Crippen LogP contribution in [0.4, 0.5) is 0 Å². The fourth-order valence-corrected chi connectivity index (χ4v) is 7.14. The van der Waals surface area contributed by atoms with Crippen LogP contribution in [0.15, 0.2) is 18.2 Å². The molecule has 7 amide bonds. The molecule has 0 unspecified atom stereocenters. The summed E-state index contributed by atoms with van der Waals surface area (Å²) in [7, 11) is 0. The van der Waals surface area contributed by atoms with Gasteiger partial charge in [0.15, 0.2) is 0 Å². The molecule has 1 aromatic carbocycles. The lowest BCUT2D eigenvalue weighted by molar-refractivity contribution is -0.147. The van der Waals surface area contributed by atoms with Crippen molar-refractivity contribution < 1.29 is 108 Å². The number of carbonyl (C=O) groups excluding carboxylic acids is 7. The molecule has 0 spiro atoms. The topological polar surface area (TPSA) is 502 Å². The van der Waals surface area contributed by atoms with E-state index in [4.69, 9.17) is 10.8 Å². The zero-order valence-corrected chi connectivity index (χ0v) is 39.2. The van der Waals surface area contributed by atoms with Gasteiger partial charge in [-0.05, 0) is 54.9 Å². The minimum absolute atomic E-state index is 0.237. The van der Waals surface area contributed by atoms with Crippen LogP contribution in [0.25, 0.3) is 0 Å². The third-order valence-electron chi connectivity index (χ3n) is 11.0. The average Bonchev–Trinajstić information content (AvgIpc) is 3.28. The Labute approximate surface area is 413 Å². The zero-order chi connectivity index (χ0) is 55.4. The Hall–Kier alpha value is -8.44. The number of hydrogen-bond acceptors (Lipinski definition) is 16. The van der Waals surface area contributed by atoms with Gasteiger partial charge in [-0.25, -0.2) is 4.79 Å². The predicted octanol–water partition coefficient (Wildman–Crippen LogP) is -3.97. The van der Waals surface area contributed by atoms with Gasteiger partial charge in [-0.2, -0.15) is 0 Å². The van der Waals surface area contributed by atoms with Gasteiger partial charge < -0.3 is 83.4 Å². The highest BCUT2D eigenvalue weighted by Crippen LogP contribution is 2.28. The van der Waals surface area contributed by atoms with Gasteiger partial charge in [-0.3, -0.25) is 62.3 Å². The van der Waals surface area contributed by atoms with E-state index in [2.05, 4.69) is 21.3 Å². The number of phenolic OH excluding ortho intramolecular Hbond substituents is 1. The fourth-order valence-electron chi connectivity index (χ4n) is 7.14. The van der Waals surface area contributed by atoms with Gasteiger partial charge in [0, 0.05) is 38.6 Å². The van der Waals surface area contributed by atoms with E-state index in [1.54, 1.807) is 0 Å². The number of phenols is 1. The molecule has 8 atom stereocenters. The van der Waals surface area contributed by atoms with Crippen LogP contribution in [0.3, 0.4) is 0 Å². The molecule has 16 N–H and O–H groups in total. The molecule has 0 bridgehead atoms. The zero-order valence-electron chi connectivity index (χ0n) is 39.2. The number of amides is 7. The standard InChI is InChI=1S/C43H58N8O22/c1-18(2)35(43(72)73)50-38(67)24(7-11-31(57)58)45-37(66)23(6-10-30(55)56)46-41(70)28-14-20-13-21(52)4-3-19(20)17-51(28)42(71)25(8-12-32(59)60)47-39(68)27(16-34(63)64)49-40(69)26(15-33(61)62)48-36(65)22(44)5-9-29(53)54/h3-4,13,18,22-28,35,52H,5-12,14-17,44H2,1-2H3,(H,45,66)(H,46,70)(H,47,68)(H,48,65)(H,49,69)(H,50,67)(H,53,54)(H,55,56)(H,57,58)(H,59,60)(H,61,62)(H,63,64)(H,72,73)/t22-,23-,24-,25-,26-,27-,28-,35-/m0/s1. The van der Waals surface area contributed by atoms with Crippen LogP contribution in [0, 0.1) is 5.92 Å². The van der Waals surface area contributed by atoms with E-state index in [1.807, 2.05) is 10.6 Å². The summed E-state index contributed by atoms with van der Waals surface area (Å²) in [5, 5.41) is 89.0. The maximum absolute atomic E-state index is 14.6. The fraction of sp³-hybridized carbons (Fsp3) is 0.535. The summed E-state index contributed by atoms with van der Waals surface area (Å²) in [6.45, 7) is 2.34. The molecule has 402 valence electrons. The number of rotatable bonds is 31. The minimum atomic E-state index is -2.20. The third-order valence-corrected chi connectivity index (χ3v) is 11.0. The van der Waals surface area contributed by atoms with Crippen LogP contribution in [-0.4, -0.2) is 177 Å². The number of nitrogens with zero attached hydrogens (tertiary/aromatic N) is 1. The van der Waals surface area contributed by atoms with Crippen molar-refractivity contribution >= 4 is 83.1 Å². The summed E-state index contributed by atoms with van der Waals surface area (Å²) >= 11 is 0. The highest BCUT2D eigenvalue weighted by Gasteiger charge is 2.41. The first-order chi connectivity index (χ1) is 34.0. The molecule has 0 saturated carbocycles. The van der Waals surface area contributed by atoms with Gasteiger partial charge in [-0.15, -0.1) is 0 Å². The van der Waals surface area contributed by atoms with Gasteiger partial charge in [0.1, 0.15) is 48.0 Å². The smallest absolute Gasteiger partial charge is 0.326 e. The van der Waals surface area contributed by atoms with Crippen molar-refractivity contribution in [2.24, 2.45) is 11.7 Å². The molecule has 1 aromatic rings. The van der Waals surface area contributed by atoms with E-state index in [0.717, 1.165) is 4.90 Å². The summed E-state index contributed by atoms with van der Waals surface area (Å²) in [6, 6.07) is -11.0. The van der Waals surface area contributed by atoms with Crippen molar-refractivity contribution in [2.75, 3.05) is 0 Å². The number of aliphatic carboxylic acids is 7. The number of fused-ring (bicyclic) bond motifs is 1. The molecule has 0 radical (unpaired) electrons. The molecule has 30 heteroatoms. The quantitative estimate of drug-likeness (QED) is 0.0337. The lowest BCUT2D eigenvalue weighted by Gasteiger charge is -2.39. The van der Waals surface area contributed by atoms with Crippen molar-refractivity contribution in [3.63, 3.8) is 0 Å². The number of nitrogens with one attached hydrogen (secondary N) is 6. The van der Waals surface area contributed by atoms with E-state index >= 15 is 0 Å². The SMILES string of the molecule is CC(C)[C@H](NC(=O)[C@H](CCC(=O)O)NC(=O)[C@H](CCC(=O)O)NC(=O)[C@@H]1Cc2cc(O)ccc2CN1C(=O)[C@H](CCC(=O)O)NC(=O)[C@H](CC(=O)O)NC(=O)[C@H](CC(=O)O)NC(=O)[C@@H](N)CCC(=O)O)C(=O)O. The van der Waals surface area contributed by atoms with Crippen LogP contribution in [-0.2, 0) is 80.1 Å². The Morgan fingerprint density at radius 1 is 0.534 bits per heavy atom. The molecular weight excluding hydrogens is 981 g/mol. The Morgan fingerprint density at radius 2 is 0.945 bits per heavy atom. The summed E-state index contributed by atoms with van der Waals surface area (Å²) in [6.07, 6.45) is -8.54. The van der Waals surface area contributed by atoms with Crippen molar-refractivity contribution in [1.29, 1.82) is 0 Å². The van der Waals surface area contributed by atoms with Crippen LogP contribution < -0.4 is 37.6 Å². The van der Waals surface area contributed by atoms with E-state index in [1.165, 1.54) is 32.0 Å². The number of carboxylic acids is 7. The first-order valence-corrected chi connectivity index (χ1v) is 22.2. The molecule has 1 heterocycles. The number of aromatic hydroxyl groups is 1. The summed E-state index contributed by atoms with van der Waals surface area (Å²) in [5.74, 6) is -20.8. The second-order valence-corrected chi connectivity index (χ2v) is 17.0. The number of benzene rings is 1. The second-order valence-electron chi connectivity index (χ2n) is 17.0. The average molecular weight is 1040 g/mol. The van der Waals surface area contributed by atoms with E-state index < -0.39 is 215 Å². The van der Waals surface area contributed by atoms with Crippen LogP contribution in [0.1, 0.15) is 89.2 Å². The maximum atomic E-state index is 14.6. The first kappa shape index (κ1) is 60.7. The monoisotopic (exact) mass is 1040 g/mol. The van der Waals surface area contributed by atoms with E-state index in [9.17, 15) is 103 Å². The predicted molar refractivity (Wildman–Crippen MR) is 240 cm³/mol. The number of carboxylic acid groups (broad SMARTS) is 7. The molecule has 0 aromatic heterocycles. The van der Waals surface area contributed by atoms with Crippen molar-refractivity contribution in [1.82, 2.24) is 36.8 Å². The van der Waals surface area contributed by atoms with Crippen LogP contribution >= 0.6 is 0 Å². The van der Waals surface area contributed by atoms with Crippen LogP contribution in [0.2, 0.25) is 0 Å². The molecule has 73 heavy (non-hydrogen) atoms. The Morgan fingerprint density at radius 3 is 1.41 bits per heavy atom. The highest BCUT2D eigenvalue weighted by molar-refractivity contribution is 5.99. The lowest BCUT2D eigenvalue weighted by Crippen LogP contribution is -2.62. The maximum Gasteiger partial charge on any atom is 0.326 e. The van der Waals surface area contributed by atoms with E-state index in [-0.39, 0.29) is 16.9 Å².